The summed E-state index contributed by atoms with van der Waals surface area (Å²) in [4.78, 5) is 0. The summed E-state index contributed by atoms with van der Waals surface area (Å²) < 4.78 is 16.5. The smallest absolute Gasteiger partial charge is 0.377 e. The van der Waals surface area contributed by atoms with Gasteiger partial charge in [0.15, 0.2) is 0 Å². The first-order chi connectivity index (χ1) is 6.68. The van der Waals surface area contributed by atoms with Crippen molar-refractivity contribution in [1.29, 1.82) is 0 Å². The second-order valence-corrected chi connectivity index (χ2v) is 7.42. The van der Waals surface area contributed by atoms with Crippen LogP contribution in [0.4, 0.5) is 0 Å². The second-order valence-electron chi connectivity index (χ2n) is 4.17. The van der Waals surface area contributed by atoms with Crippen LogP contribution in [0.5, 0.6) is 0 Å². The Hall–Kier alpha value is 0.0969. The van der Waals surface area contributed by atoms with Gasteiger partial charge in [0.1, 0.15) is 0 Å². The second kappa shape index (κ2) is 5.26. The zero-order valence-corrected chi connectivity index (χ0v) is 10.7. The molecular formula is C10H22O3Si. The van der Waals surface area contributed by atoms with Crippen molar-refractivity contribution in [3.63, 3.8) is 0 Å². The minimum absolute atomic E-state index is 0.499. The van der Waals surface area contributed by atoms with Gasteiger partial charge in [0.05, 0.1) is 0 Å². The lowest BCUT2D eigenvalue weighted by atomic mass is 9.90. The highest BCUT2D eigenvalue weighted by Crippen LogP contribution is 2.39. The van der Waals surface area contributed by atoms with Gasteiger partial charge in [0.2, 0.25) is 0 Å². The lowest BCUT2D eigenvalue weighted by Gasteiger charge is -2.36. The van der Waals surface area contributed by atoms with E-state index in [9.17, 15) is 0 Å². The third kappa shape index (κ3) is 2.37. The van der Waals surface area contributed by atoms with E-state index in [0.717, 1.165) is 5.92 Å². The highest BCUT2D eigenvalue weighted by molar-refractivity contribution is 6.62. The fourth-order valence-electron chi connectivity index (χ4n) is 2.36. The largest absolute Gasteiger partial charge is 0.503 e. The molecule has 0 unspecified atom stereocenters. The van der Waals surface area contributed by atoms with Gasteiger partial charge in [0.25, 0.3) is 0 Å². The normalized spacial score (nSPS) is 29.1. The lowest BCUT2D eigenvalue weighted by molar-refractivity contribution is 0.101. The van der Waals surface area contributed by atoms with Gasteiger partial charge in [-0.25, -0.2) is 0 Å². The van der Waals surface area contributed by atoms with Crippen LogP contribution < -0.4 is 0 Å². The van der Waals surface area contributed by atoms with Gasteiger partial charge in [0, 0.05) is 26.9 Å². The molecule has 0 spiro atoms. The van der Waals surface area contributed by atoms with E-state index in [-0.39, 0.29) is 0 Å². The lowest BCUT2D eigenvalue weighted by Crippen LogP contribution is -2.48. The van der Waals surface area contributed by atoms with Crippen molar-refractivity contribution >= 4 is 8.80 Å². The first-order valence-electron chi connectivity index (χ1n) is 5.34. The van der Waals surface area contributed by atoms with E-state index in [0.29, 0.717) is 5.54 Å². The zero-order valence-electron chi connectivity index (χ0n) is 9.71. The molecule has 0 aromatic heterocycles. The molecule has 0 aromatic rings. The topological polar surface area (TPSA) is 27.7 Å². The molecule has 84 valence electrons. The van der Waals surface area contributed by atoms with Crippen molar-refractivity contribution < 1.29 is 13.3 Å². The number of hydrogen-bond acceptors (Lipinski definition) is 3. The van der Waals surface area contributed by atoms with Gasteiger partial charge >= 0.3 is 8.80 Å². The molecule has 3 nitrogen and oxygen atoms in total. The third-order valence-corrected chi connectivity index (χ3v) is 6.65. The number of rotatable bonds is 4. The van der Waals surface area contributed by atoms with Crippen LogP contribution in [-0.2, 0) is 13.3 Å². The van der Waals surface area contributed by atoms with Gasteiger partial charge in [-0.15, -0.1) is 0 Å². The van der Waals surface area contributed by atoms with Crippen LogP contribution in [0.1, 0.15) is 32.6 Å². The summed E-state index contributed by atoms with van der Waals surface area (Å²) in [5.74, 6) is 0.850. The highest BCUT2D eigenvalue weighted by Gasteiger charge is 2.47. The fraction of sp³-hybridized carbons (Fsp3) is 1.00. The van der Waals surface area contributed by atoms with E-state index >= 15 is 0 Å². The Morgan fingerprint density at radius 2 is 1.29 bits per heavy atom. The molecule has 0 aliphatic heterocycles. The molecule has 0 amide bonds. The molecule has 0 N–H and O–H groups in total. The van der Waals surface area contributed by atoms with Crippen molar-refractivity contribution in [3.05, 3.63) is 0 Å². The zero-order chi connectivity index (χ0) is 10.6. The van der Waals surface area contributed by atoms with Crippen molar-refractivity contribution in [3.8, 4) is 0 Å². The number of hydrogen-bond donors (Lipinski definition) is 0. The molecule has 0 heterocycles. The summed E-state index contributed by atoms with van der Waals surface area (Å²) >= 11 is 0. The summed E-state index contributed by atoms with van der Waals surface area (Å²) in [7, 11) is 2.77. The van der Waals surface area contributed by atoms with Gasteiger partial charge in [-0.3, -0.25) is 0 Å². The van der Waals surface area contributed by atoms with Crippen LogP contribution in [-0.4, -0.2) is 30.1 Å². The predicted molar refractivity (Wildman–Crippen MR) is 58.2 cm³/mol. The van der Waals surface area contributed by atoms with E-state index in [1.165, 1.54) is 25.7 Å². The fourth-order valence-corrected chi connectivity index (χ4v) is 4.90. The average molecular weight is 218 g/mol. The van der Waals surface area contributed by atoms with Crippen LogP contribution in [0.25, 0.3) is 0 Å². The summed E-state index contributed by atoms with van der Waals surface area (Å²) in [6, 6.07) is 0. The molecular weight excluding hydrogens is 196 g/mol. The van der Waals surface area contributed by atoms with Gasteiger partial charge in [-0.05, 0) is 18.8 Å². The van der Waals surface area contributed by atoms with Crippen molar-refractivity contribution in [1.82, 2.24) is 0 Å². The first-order valence-corrected chi connectivity index (χ1v) is 7.14. The Balaban J connectivity index is 2.60. The Bertz CT molecular complexity index is 154. The Labute approximate surface area is 88.1 Å². The first kappa shape index (κ1) is 12.2. The maximum absolute atomic E-state index is 5.51. The average Bonchev–Trinajstić information content (AvgIpc) is 2.24. The molecule has 1 saturated carbocycles. The minimum atomic E-state index is -2.35. The maximum Gasteiger partial charge on any atom is 0.503 e. The monoisotopic (exact) mass is 218 g/mol. The van der Waals surface area contributed by atoms with Gasteiger partial charge < -0.3 is 13.3 Å². The summed E-state index contributed by atoms with van der Waals surface area (Å²) in [5.41, 5.74) is 0.499. The molecule has 0 atom stereocenters. The Morgan fingerprint density at radius 3 is 1.64 bits per heavy atom. The van der Waals surface area contributed by atoms with Crippen LogP contribution in [0, 0.1) is 5.92 Å². The molecule has 4 heteroatoms. The molecule has 0 bridgehead atoms. The van der Waals surface area contributed by atoms with Crippen LogP contribution >= 0.6 is 0 Å². The Morgan fingerprint density at radius 1 is 0.857 bits per heavy atom. The summed E-state index contributed by atoms with van der Waals surface area (Å²) in [6.07, 6.45) is 4.91. The van der Waals surface area contributed by atoms with E-state index in [4.69, 9.17) is 13.3 Å². The maximum atomic E-state index is 5.51. The third-order valence-electron chi connectivity index (χ3n) is 3.37. The van der Waals surface area contributed by atoms with Crippen LogP contribution in [0.15, 0.2) is 0 Å². The molecule has 1 rings (SSSR count). The molecule has 14 heavy (non-hydrogen) atoms. The molecule has 0 saturated heterocycles. The molecule has 1 aliphatic rings. The Kier molecular flexibility index (Phi) is 4.57. The molecule has 0 aromatic carbocycles. The predicted octanol–water partition coefficient (Wildman–Crippen LogP) is 2.44. The van der Waals surface area contributed by atoms with Crippen molar-refractivity contribution in [2.45, 2.75) is 38.1 Å². The standard InChI is InChI=1S/C10H22O3Si/c1-9-5-7-10(8-6-9)14(11-2,12-3)13-4/h9-10H,5-8H2,1-4H3. The van der Waals surface area contributed by atoms with Gasteiger partial charge in [-0.1, -0.05) is 19.8 Å². The SMILES string of the molecule is CO[Si](OC)(OC)C1CCC(C)CC1. The summed E-state index contributed by atoms with van der Waals surface area (Å²) in [6.45, 7) is 2.31. The van der Waals surface area contributed by atoms with Crippen molar-refractivity contribution in [2.75, 3.05) is 21.3 Å². The van der Waals surface area contributed by atoms with E-state index in [2.05, 4.69) is 6.92 Å². The minimum Gasteiger partial charge on any atom is -0.377 e. The quantitative estimate of drug-likeness (QED) is 0.678. The van der Waals surface area contributed by atoms with Crippen LogP contribution in [0.3, 0.4) is 0 Å². The highest BCUT2D eigenvalue weighted by atomic mass is 28.4. The van der Waals surface area contributed by atoms with Crippen molar-refractivity contribution in [2.24, 2.45) is 5.92 Å². The van der Waals surface area contributed by atoms with E-state index < -0.39 is 8.80 Å². The molecule has 0 radical (unpaired) electrons. The summed E-state index contributed by atoms with van der Waals surface area (Å²) in [5, 5.41) is 0. The van der Waals surface area contributed by atoms with Crippen LogP contribution in [0.2, 0.25) is 5.54 Å². The van der Waals surface area contributed by atoms with Gasteiger partial charge in [-0.2, -0.15) is 0 Å². The molecule has 1 fully saturated rings. The van der Waals surface area contributed by atoms with E-state index in [1.807, 2.05) is 0 Å². The molecule has 1 aliphatic carbocycles. The van der Waals surface area contributed by atoms with E-state index in [1.54, 1.807) is 21.3 Å².